The Morgan fingerprint density at radius 3 is 2.27 bits per heavy atom. The molecule has 0 aliphatic carbocycles. The van der Waals surface area contributed by atoms with Crippen molar-refractivity contribution in [1.29, 1.82) is 0 Å². The van der Waals surface area contributed by atoms with E-state index in [1.54, 1.807) is 42.5 Å². The topological polar surface area (TPSA) is 86.2 Å². The van der Waals surface area contributed by atoms with Gasteiger partial charge in [-0.1, -0.05) is 47.1 Å². The molecule has 0 spiro atoms. The summed E-state index contributed by atoms with van der Waals surface area (Å²) < 4.78 is 30.4. The quantitative estimate of drug-likeness (QED) is 0.793. The number of hydrogen-bond donors (Lipinski definition) is 1. The van der Waals surface area contributed by atoms with Gasteiger partial charge in [-0.2, -0.15) is 0 Å². The van der Waals surface area contributed by atoms with Crippen molar-refractivity contribution in [3.8, 4) is 11.3 Å². The van der Waals surface area contributed by atoms with Crippen LogP contribution >= 0.6 is 11.6 Å². The zero-order valence-electron chi connectivity index (χ0n) is 11.2. The Morgan fingerprint density at radius 2 is 1.64 bits per heavy atom. The van der Waals surface area contributed by atoms with E-state index in [2.05, 4.69) is 5.16 Å². The fourth-order valence-electron chi connectivity index (χ4n) is 2.06. The van der Waals surface area contributed by atoms with Gasteiger partial charge in [-0.05, 0) is 24.3 Å². The van der Waals surface area contributed by atoms with E-state index in [4.69, 9.17) is 21.9 Å². The van der Waals surface area contributed by atoms with Crippen LogP contribution in [-0.4, -0.2) is 13.6 Å². The third kappa shape index (κ3) is 2.47. The van der Waals surface area contributed by atoms with Gasteiger partial charge in [0.2, 0.25) is 15.7 Å². The molecule has 2 aromatic carbocycles. The molecule has 0 saturated carbocycles. The first-order chi connectivity index (χ1) is 10.5. The van der Waals surface area contributed by atoms with Crippen LogP contribution in [0, 0.1) is 0 Å². The van der Waals surface area contributed by atoms with E-state index in [0.29, 0.717) is 10.6 Å². The summed E-state index contributed by atoms with van der Waals surface area (Å²) in [4.78, 5) is -0.0128. The molecule has 3 aromatic rings. The molecule has 0 amide bonds. The molecular weight excluding hydrogens is 324 g/mol. The highest BCUT2D eigenvalue weighted by Gasteiger charge is 2.29. The second kappa shape index (κ2) is 5.47. The first-order valence-corrected chi connectivity index (χ1v) is 8.17. The van der Waals surface area contributed by atoms with Crippen molar-refractivity contribution in [2.75, 3.05) is 5.73 Å². The molecule has 1 heterocycles. The Bertz CT molecular complexity index is 904. The minimum atomic E-state index is -3.83. The van der Waals surface area contributed by atoms with E-state index in [0.717, 1.165) is 0 Å². The van der Waals surface area contributed by atoms with E-state index >= 15 is 0 Å². The van der Waals surface area contributed by atoms with Crippen molar-refractivity contribution >= 4 is 27.3 Å². The number of hydrogen-bond acceptors (Lipinski definition) is 5. The van der Waals surface area contributed by atoms with Crippen molar-refractivity contribution in [1.82, 2.24) is 5.16 Å². The van der Waals surface area contributed by atoms with Crippen molar-refractivity contribution in [2.45, 2.75) is 9.79 Å². The highest BCUT2D eigenvalue weighted by molar-refractivity contribution is 7.91. The van der Waals surface area contributed by atoms with Gasteiger partial charge < -0.3 is 10.3 Å². The monoisotopic (exact) mass is 334 g/mol. The van der Waals surface area contributed by atoms with Crippen LogP contribution in [0.25, 0.3) is 11.3 Å². The third-order valence-electron chi connectivity index (χ3n) is 3.11. The molecule has 0 bridgehead atoms. The largest absolute Gasteiger partial charge is 0.366 e. The summed E-state index contributed by atoms with van der Waals surface area (Å²) in [5.41, 5.74) is 6.42. The fraction of sp³-hybridized carbons (Fsp3) is 0. The predicted molar refractivity (Wildman–Crippen MR) is 83.3 cm³/mol. The Balaban J connectivity index is 2.20. The lowest BCUT2D eigenvalue weighted by Gasteiger charge is -2.05. The molecule has 0 atom stereocenters. The molecule has 22 heavy (non-hydrogen) atoms. The van der Waals surface area contributed by atoms with Crippen LogP contribution in [0.2, 0.25) is 5.02 Å². The lowest BCUT2D eigenvalue weighted by atomic mass is 10.1. The maximum atomic E-state index is 12.8. The molecule has 0 saturated heterocycles. The number of rotatable bonds is 3. The summed E-state index contributed by atoms with van der Waals surface area (Å²) in [6.45, 7) is 0. The van der Waals surface area contributed by atoms with Gasteiger partial charge in [0.15, 0.2) is 4.90 Å². The van der Waals surface area contributed by atoms with Crippen LogP contribution < -0.4 is 5.73 Å². The van der Waals surface area contributed by atoms with Gasteiger partial charge in [-0.15, -0.1) is 0 Å². The number of nitrogens with zero attached hydrogens (tertiary/aromatic N) is 1. The Kier molecular flexibility index (Phi) is 3.64. The van der Waals surface area contributed by atoms with Gasteiger partial charge in [0.05, 0.1) is 4.90 Å². The van der Waals surface area contributed by atoms with Crippen molar-refractivity contribution in [2.24, 2.45) is 0 Å². The van der Waals surface area contributed by atoms with Crippen LogP contribution in [0.4, 0.5) is 5.88 Å². The molecule has 3 rings (SSSR count). The molecule has 0 fully saturated rings. The van der Waals surface area contributed by atoms with Crippen molar-refractivity contribution < 1.29 is 12.9 Å². The van der Waals surface area contributed by atoms with E-state index in [9.17, 15) is 8.42 Å². The summed E-state index contributed by atoms with van der Waals surface area (Å²) in [5.74, 6) is -0.242. The molecule has 0 unspecified atom stereocenters. The molecular formula is C15H11ClN2O3S. The van der Waals surface area contributed by atoms with Gasteiger partial charge in [0.1, 0.15) is 5.69 Å². The zero-order valence-corrected chi connectivity index (χ0v) is 12.8. The molecule has 5 nitrogen and oxygen atoms in total. The van der Waals surface area contributed by atoms with E-state index in [1.807, 2.05) is 0 Å². The minimum absolute atomic E-state index is 0.125. The van der Waals surface area contributed by atoms with Crippen molar-refractivity contribution in [3.63, 3.8) is 0 Å². The van der Waals surface area contributed by atoms with Crippen LogP contribution in [0.1, 0.15) is 0 Å². The maximum Gasteiger partial charge on any atom is 0.242 e. The fourth-order valence-corrected chi connectivity index (χ4v) is 3.65. The highest BCUT2D eigenvalue weighted by atomic mass is 35.5. The number of nitrogens with two attached hydrogens (primary N) is 1. The summed E-state index contributed by atoms with van der Waals surface area (Å²) in [6.07, 6.45) is 0. The molecule has 112 valence electrons. The standard InChI is InChI=1S/C15H11ClN2O3S/c16-11-8-6-10(7-9-11)13-14(15(17)21-18-13)22(19,20)12-4-2-1-3-5-12/h1-9H,17H2. The Hall–Kier alpha value is -2.31. The van der Waals surface area contributed by atoms with Crippen LogP contribution in [0.3, 0.4) is 0 Å². The summed E-state index contributed by atoms with van der Waals surface area (Å²) in [5, 5.41) is 4.32. The predicted octanol–water partition coefficient (Wildman–Crippen LogP) is 3.41. The molecule has 0 radical (unpaired) electrons. The molecule has 7 heteroatoms. The Morgan fingerprint density at radius 1 is 1.00 bits per heavy atom. The van der Waals surface area contributed by atoms with E-state index < -0.39 is 9.84 Å². The van der Waals surface area contributed by atoms with Gasteiger partial charge in [-0.25, -0.2) is 8.42 Å². The number of nitrogen functional groups attached to an aromatic ring is 1. The second-order valence-electron chi connectivity index (χ2n) is 4.55. The first kappa shape index (κ1) is 14.6. The highest BCUT2D eigenvalue weighted by Crippen LogP contribution is 2.35. The average molecular weight is 335 g/mol. The van der Waals surface area contributed by atoms with E-state index in [1.165, 1.54) is 12.1 Å². The number of halogens is 1. The third-order valence-corrected chi connectivity index (χ3v) is 5.19. The van der Waals surface area contributed by atoms with Gasteiger partial charge in [0.25, 0.3) is 0 Å². The minimum Gasteiger partial charge on any atom is -0.366 e. The average Bonchev–Trinajstić information content (AvgIpc) is 2.91. The van der Waals surface area contributed by atoms with E-state index in [-0.39, 0.29) is 21.4 Å². The second-order valence-corrected chi connectivity index (χ2v) is 6.87. The Labute approximate surface area is 132 Å². The molecule has 0 aliphatic rings. The van der Waals surface area contributed by atoms with Gasteiger partial charge >= 0.3 is 0 Å². The maximum absolute atomic E-state index is 12.8. The van der Waals surface area contributed by atoms with Crippen LogP contribution in [0.5, 0.6) is 0 Å². The number of anilines is 1. The molecule has 1 aromatic heterocycles. The first-order valence-electron chi connectivity index (χ1n) is 6.31. The molecule has 0 aliphatic heterocycles. The van der Waals surface area contributed by atoms with Crippen LogP contribution in [0.15, 0.2) is 68.9 Å². The zero-order chi connectivity index (χ0) is 15.7. The van der Waals surface area contributed by atoms with Gasteiger partial charge in [0, 0.05) is 10.6 Å². The van der Waals surface area contributed by atoms with Gasteiger partial charge in [-0.3, -0.25) is 0 Å². The van der Waals surface area contributed by atoms with Crippen LogP contribution in [-0.2, 0) is 9.84 Å². The lowest BCUT2D eigenvalue weighted by Crippen LogP contribution is -2.05. The number of sulfone groups is 1. The smallest absolute Gasteiger partial charge is 0.242 e. The normalized spacial score (nSPS) is 11.5. The SMILES string of the molecule is Nc1onc(-c2ccc(Cl)cc2)c1S(=O)(=O)c1ccccc1. The molecule has 2 N–H and O–H groups in total. The summed E-state index contributed by atoms with van der Waals surface area (Å²) >= 11 is 5.84. The summed E-state index contributed by atoms with van der Waals surface area (Å²) in [6, 6.07) is 14.6. The lowest BCUT2D eigenvalue weighted by molar-refractivity contribution is 0.437. The van der Waals surface area contributed by atoms with Crippen molar-refractivity contribution in [3.05, 3.63) is 59.6 Å². The summed E-state index contributed by atoms with van der Waals surface area (Å²) in [7, 11) is -3.83. The number of aromatic nitrogens is 1. The number of benzene rings is 2.